The highest BCUT2D eigenvalue weighted by atomic mass is 32.2. The van der Waals surface area contributed by atoms with Crippen molar-refractivity contribution in [1.82, 2.24) is 14.3 Å². The lowest BCUT2D eigenvalue weighted by Gasteiger charge is -2.12. The highest BCUT2D eigenvalue weighted by molar-refractivity contribution is 7.90. The number of sulfonamides is 1. The third-order valence-electron chi connectivity index (χ3n) is 3.77. The quantitative estimate of drug-likeness (QED) is 0.740. The summed E-state index contributed by atoms with van der Waals surface area (Å²) in [6.45, 7) is -0.567. The van der Waals surface area contributed by atoms with Crippen LogP contribution in [0.2, 0.25) is 0 Å². The van der Waals surface area contributed by atoms with Gasteiger partial charge in [0.1, 0.15) is 0 Å². The Labute approximate surface area is 145 Å². The summed E-state index contributed by atoms with van der Waals surface area (Å²) >= 11 is 0. The largest absolute Gasteiger partial charge is 0.511 e. The number of hydrogen-bond donors (Lipinski definition) is 1. The molecule has 11 heteroatoms. The zero-order valence-corrected chi connectivity index (χ0v) is 14.1. The van der Waals surface area contributed by atoms with E-state index in [1.807, 2.05) is 0 Å². The lowest BCUT2D eigenvalue weighted by atomic mass is 10.0. The van der Waals surface area contributed by atoms with Gasteiger partial charge in [0.15, 0.2) is 5.58 Å². The predicted molar refractivity (Wildman–Crippen MR) is 86.5 cm³/mol. The molecule has 3 aromatic rings. The van der Waals surface area contributed by atoms with Crippen LogP contribution in [-0.4, -0.2) is 23.5 Å². The standard InChI is InChI=1S/C15H12F3N3O4S/c1-21-12-6-9(2-3-13(12)25-14(21)22)11-8-19-5-4-10(11)7-20-26(23,24)15(16,17)18/h2-6,8,20H,7H2,1H3. The molecule has 2 heterocycles. The number of aryl methyl sites for hydroxylation is 1. The first kappa shape index (κ1) is 18.1. The normalized spacial score (nSPS) is 12.6. The van der Waals surface area contributed by atoms with Crippen molar-refractivity contribution in [3.8, 4) is 11.1 Å². The predicted octanol–water partition coefficient (Wildman–Crippen LogP) is 2.13. The van der Waals surface area contributed by atoms with E-state index in [4.69, 9.17) is 4.42 Å². The lowest BCUT2D eigenvalue weighted by molar-refractivity contribution is -0.0448. The Morgan fingerprint density at radius 3 is 2.69 bits per heavy atom. The van der Waals surface area contributed by atoms with Gasteiger partial charge in [-0.3, -0.25) is 9.55 Å². The second-order valence-electron chi connectivity index (χ2n) is 5.41. The monoisotopic (exact) mass is 387 g/mol. The Morgan fingerprint density at radius 1 is 1.27 bits per heavy atom. The molecule has 0 radical (unpaired) electrons. The maximum Gasteiger partial charge on any atom is 0.511 e. The van der Waals surface area contributed by atoms with E-state index in [0.29, 0.717) is 27.8 Å². The number of hydrogen-bond acceptors (Lipinski definition) is 5. The molecule has 0 aliphatic carbocycles. The number of fused-ring (bicyclic) bond motifs is 1. The number of pyridine rings is 1. The number of rotatable bonds is 4. The second kappa shape index (κ2) is 6.25. The summed E-state index contributed by atoms with van der Waals surface area (Å²) in [5.74, 6) is -0.554. The molecule has 0 amide bonds. The SMILES string of the molecule is Cn1c(=O)oc2ccc(-c3cnccc3CNS(=O)(=O)C(F)(F)F)cc21. The smallest absolute Gasteiger partial charge is 0.408 e. The third kappa shape index (κ3) is 3.22. The van der Waals surface area contributed by atoms with Gasteiger partial charge in [-0.15, -0.1) is 0 Å². The van der Waals surface area contributed by atoms with Gasteiger partial charge in [-0.05, 0) is 29.3 Å². The van der Waals surface area contributed by atoms with Crippen LogP contribution >= 0.6 is 0 Å². The van der Waals surface area contributed by atoms with E-state index >= 15 is 0 Å². The van der Waals surface area contributed by atoms with Crippen LogP contribution in [0.15, 0.2) is 45.9 Å². The Morgan fingerprint density at radius 2 is 2.00 bits per heavy atom. The molecule has 0 fully saturated rings. The van der Waals surface area contributed by atoms with Crippen molar-refractivity contribution >= 4 is 21.1 Å². The number of benzene rings is 1. The highest BCUT2D eigenvalue weighted by Gasteiger charge is 2.45. The summed E-state index contributed by atoms with van der Waals surface area (Å²) in [5, 5.41) is 0. The van der Waals surface area contributed by atoms with E-state index in [1.165, 1.54) is 34.8 Å². The number of oxazole rings is 1. The minimum absolute atomic E-state index is 0.292. The minimum atomic E-state index is -5.46. The van der Waals surface area contributed by atoms with Crippen molar-refractivity contribution in [2.24, 2.45) is 7.05 Å². The zero-order chi connectivity index (χ0) is 19.1. The molecule has 1 aromatic carbocycles. The van der Waals surface area contributed by atoms with Gasteiger partial charge in [-0.1, -0.05) is 6.07 Å². The number of alkyl halides is 3. The molecule has 0 saturated carbocycles. The van der Waals surface area contributed by atoms with Crippen molar-refractivity contribution in [3.63, 3.8) is 0 Å². The Bertz CT molecular complexity index is 1130. The molecule has 138 valence electrons. The van der Waals surface area contributed by atoms with Crippen molar-refractivity contribution < 1.29 is 26.0 Å². The summed E-state index contributed by atoms with van der Waals surface area (Å²) in [4.78, 5) is 15.5. The van der Waals surface area contributed by atoms with Crippen LogP contribution in [0, 0.1) is 0 Å². The number of halogens is 3. The molecule has 7 nitrogen and oxygen atoms in total. The van der Waals surface area contributed by atoms with Gasteiger partial charge in [0.25, 0.3) is 0 Å². The van der Waals surface area contributed by atoms with Crippen molar-refractivity contribution in [2.45, 2.75) is 12.1 Å². The average molecular weight is 387 g/mol. The molecular weight excluding hydrogens is 375 g/mol. The Hall–Kier alpha value is -2.66. The van der Waals surface area contributed by atoms with Gasteiger partial charge in [0.05, 0.1) is 5.52 Å². The number of nitrogens with zero attached hydrogens (tertiary/aromatic N) is 2. The van der Waals surface area contributed by atoms with Gasteiger partial charge < -0.3 is 4.42 Å². The molecule has 0 unspecified atom stereocenters. The highest BCUT2D eigenvalue weighted by Crippen LogP contribution is 2.27. The molecule has 3 rings (SSSR count). The first-order valence-electron chi connectivity index (χ1n) is 7.19. The average Bonchev–Trinajstić information content (AvgIpc) is 2.86. The maximum atomic E-state index is 12.5. The van der Waals surface area contributed by atoms with Gasteiger partial charge in [-0.2, -0.15) is 13.2 Å². The third-order valence-corrected chi connectivity index (χ3v) is 4.90. The molecule has 0 saturated heterocycles. The summed E-state index contributed by atoms with van der Waals surface area (Å²) in [5.41, 5.74) is -3.30. The van der Waals surface area contributed by atoms with Gasteiger partial charge in [-0.25, -0.2) is 17.9 Å². The molecule has 0 atom stereocenters. The minimum Gasteiger partial charge on any atom is -0.408 e. The van der Waals surface area contributed by atoms with Crippen LogP contribution in [0.1, 0.15) is 5.56 Å². The molecule has 2 aromatic heterocycles. The van der Waals surface area contributed by atoms with E-state index in [-0.39, 0.29) is 0 Å². The summed E-state index contributed by atoms with van der Waals surface area (Å²) in [6.07, 6.45) is 2.74. The summed E-state index contributed by atoms with van der Waals surface area (Å²) in [6, 6.07) is 6.17. The van der Waals surface area contributed by atoms with Gasteiger partial charge in [0, 0.05) is 31.5 Å². The van der Waals surface area contributed by atoms with Crippen molar-refractivity contribution in [3.05, 3.63) is 52.8 Å². The summed E-state index contributed by atoms with van der Waals surface area (Å²) in [7, 11) is -3.95. The molecular formula is C15H12F3N3O4S. The van der Waals surface area contributed by atoms with E-state index in [0.717, 1.165) is 0 Å². The van der Waals surface area contributed by atoms with Crippen molar-refractivity contribution in [2.75, 3.05) is 0 Å². The molecule has 0 aliphatic heterocycles. The molecule has 1 N–H and O–H groups in total. The Kier molecular flexibility index (Phi) is 4.36. The molecule has 0 bridgehead atoms. The second-order valence-corrected chi connectivity index (χ2v) is 7.17. The van der Waals surface area contributed by atoms with E-state index in [9.17, 15) is 26.4 Å². The zero-order valence-electron chi connectivity index (χ0n) is 13.2. The lowest BCUT2D eigenvalue weighted by Crippen LogP contribution is -2.36. The fraction of sp³-hybridized carbons (Fsp3) is 0.200. The Balaban J connectivity index is 2.00. The fourth-order valence-corrected chi connectivity index (χ4v) is 2.90. The van der Waals surface area contributed by atoms with E-state index in [2.05, 4.69) is 4.98 Å². The van der Waals surface area contributed by atoms with E-state index < -0.39 is 27.8 Å². The number of aromatic nitrogens is 2. The van der Waals surface area contributed by atoms with Crippen LogP contribution in [0.3, 0.4) is 0 Å². The topological polar surface area (TPSA) is 94.2 Å². The van der Waals surface area contributed by atoms with Crippen LogP contribution in [-0.2, 0) is 23.6 Å². The van der Waals surface area contributed by atoms with E-state index in [1.54, 1.807) is 18.2 Å². The van der Waals surface area contributed by atoms with Crippen LogP contribution in [0.5, 0.6) is 0 Å². The molecule has 26 heavy (non-hydrogen) atoms. The first-order valence-corrected chi connectivity index (χ1v) is 8.67. The van der Waals surface area contributed by atoms with Crippen LogP contribution < -0.4 is 10.5 Å². The van der Waals surface area contributed by atoms with Crippen molar-refractivity contribution in [1.29, 1.82) is 0 Å². The first-order chi connectivity index (χ1) is 12.1. The van der Waals surface area contributed by atoms with Crippen LogP contribution in [0.25, 0.3) is 22.2 Å². The van der Waals surface area contributed by atoms with Gasteiger partial charge in [0.2, 0.25) is 0 Å². The molecule has 0 spiro atoms. The number of nitrogens with one attached hydrogen (secondary N) is 1. The molecule has 0 aliphatic rings. The maximum absolute atomic E-state index is 12.5. The van der Waals surface area contributed by atoms with Gasteiger partial charge >= 0.3 is 21.3 Å². The fourth-order valence-electron chi connectivity index (χ4n) is 2.39. The van der Waals surface area contributed by atoms with Crippen LogP contribution in [0.4, 0.5) is 13.2 Å². The summed E-state index contributed by atoms with van der Waals surface area (Å²) < 4.78 is 67.6.